The average Bonchev–Trinajstić information content (AvgIpc) is 3.86. The molecule has 1 aromatic carbocycles. The summed E-state index contributed by atoms with van der Waals surface area (Å²) in [6, 6.07) is 2.05. The molecular formula is C35H40ClFN8O3. The average molecular weight is 675 g/mol. The van der Waals surface area contributed by atoms with Crippen LogP contribution < -0.4 is 15.6 Å². The second kappa shape index (κ2) is 12.5. The third-order valence-electron chi connectivity index (χ3n) is 11.0. The number of nitrogens with one attached hydrogen (secondary N) is 3. The number of H-pyrrole nitrogens is 2. The molecule has 0 radical (unpaired) electrons. The molecule has 4 aromatic rings. The molecular weight excluding hydrogens is 635 g/mol. The van der Waals surface area contributed by atoms with Gasteiger partial charge >= 0.3 is 0 Å². The monoisotopic (exact) mass is 674 g/mol. The number of piperidine rings is 1. The molecule has 0 aliphatic carbocycles. The zero-order valence-electron chi connectivity index (χ0n) is 26.9. The predicted molar refractivity (Wildman–Crippen MR) is 182 cm³/mol. The quantitative estimate of drug-likeness (QED) is 0.171. The molecule has 11 nitrogen and oxygen atoms in total. The maximum absolute atomic E-state index is 16.6. The number of carbonyl (C=O) groups excluding carboxylic acids is 1. The summed E-state index contributed by atoms with van der Waals surface area (Å²) >= 11 is 6.83. The maximum atomic E-state index is 16.6. The maximum Gasteiger partial charge on any atom is 0.297 e. The van der Waals surface area contributed by atoms with Crippen LogP contribution in [0.3, 0.4) is 0 Å². The van der Waals surface area contributed by atoms with E-state index in [1.807, 2.05) is 0 Å². The van der Waals surface area contributed by atoms with Crippen LogP contribution in [-0.2, 0) is 11.2 Å². The summed E-state index contributed by atoms with van der Waals surface area (Å²) in [6.07, 6.45) is 10.4. The van der Waals surface area contributed by atoms with Crippen LogP contribution in [0.1, 0.15) is 56.9 Å². The van der Waals surface area contributed by atoms with Crippen molar-refractivity contribution >= 4 is 39.3 Å². The summed E-state index contributed by atoms with van der Waals surface area (Å²) in [5.41, 5.74) is 2.23. The Morgan fingerprint density at radius 1 is 1.21 bits per heavy atom. The lowest BCUT2D eigenvalue weighted by Gasteiger charge is -2.32. The summed E-state index contributed by atoms with van der Waals surface area (Å²) in [6.45, 7) is 9.04. The van der Waals surface area contributed by atoms with Crippen molar-refractivity contribution in [3.05, 3.63) is 57.4 Å². The van der Waals surface area contributed by atoms with E-state index in [-0.39, 0.29) is 34.1 Å². The molecule has 8 rings (SSSR count). The van der Waals surface area contributed by atoms with Crippen molar-refractivity contribution in [2.75, 3.05) is 39.3 Å². The Labute approximate surface area is 282 Å². The van der Waals surface area contributed by atoms with E-state index < -0.39 is 11.4 Å². The standard InChI is InChI=1S/C35H40ClFN8O3/c1-20-14-35(9-4-11-44(35)18-20)19-48-34-41-31-24(33(47)42-34)15-39-32(30(31)37)29-22(25(36)13-26-23(29)16-40-43-26)5-2-3-6-28(46)45-12-8-21-7-10-38-17-27(21)45/h13,15-16,21,27,38H,1-12,14,17-19H2,(H,40,43)(H,41,42,47)/t21-,27-,35-/m0/s1. The van der Waals surface area contributed by atoms with E-state index in [2.05, 4.69) is 46.8 Å². The molecule has 3 atom stereocenters. The van der Waals surface area contributed by atoms with Crippen molar-refractivity contribution < 1.29 is 13.9 Å². The highest BCUT2D eigenvalue weighted by Crippen LogP contribution is 2.41. The fourth-order valence-corrected chi connectivity index (χ4v) is 8.95. The predicted octanol–water partition coefficient (Wildman–Crippen LogP) is 4.75. The number of ether oxygens (including phenoxy) is 1. The lowest BCUT2D eigenvalue weighted by atomic mass is 9.93. The highest BCUT2D eigenvalue weighted by molar-refractivity contribution is 6.33. The number of unbranched alkanes of at least 4 members (excludes halogenated alkanes) is 1. The number of aromatic nitrogens is 5. The molecule has 0 unspecified atom stereocenters. The highest BCUT2D eigenvalue weighted by atomic mass is 35.5. The Morgan fingerprint density at radius 3 is 3.00 bits per heavy atom. The van der Waals surface area contributed by atoms with Crippen molar-refractivity contribution in [2.24, 2.45) is 5.92 Å². The lowest BCUT2D eigenvalue weighted by molar-refractivity contribution is -0.132. The van der Waals surface area contributed by atoms with Crippen molar-refractivity contribution in [3.8, 4) is 17.3 Å². The van der Waals surface area contributed by atoms with Crippen molar-refractivity contribution in [1.82, 2.24) is 40.3 Å². The number of rotatable bonds is 9. The topological polar surface area (TPSA) is 132 Å². The molecule has 1 amide bonds. The van der Waals surface area contributed by atoms with Crippen LogP contribution in [0, 0.1) is 11.7 Å². The Balaban J connectivity index is 1.05. The van der Waals surface area contributed by atoms with Gasteiger partial charge in [0.15, 0.2) is 5.82 Å². The number of hydrogen-bond acceptors (Lipinski definition) is 8. The molecule has 4 aliphatic heterocycles. The zero-order chi connectivity index (χ0) is 33.0. The second-order valence-corrected chi connectivity index (χ2v) is 14.4. The van der Waals surface area contributed by atoms with Crippen molar-refractivity contribution in [1.29, 1.82) is 0 Å². The van der Waals surface area contributed by atoms with Crippen molar-refractivity contribution in [2.45, 2.75) is 69.4 Å². The molecule has 4 fully saturated rings. The molecule has 4 saturated heterocycles. The smallest absolute Gasteiger partial charge is 0.297 e. The number of likely N-dealkylation sites (tertiary alicyclic amines) is 1. The van der Waals surface area contributed by atoms with Gasteiger partial charge in [0, 0.05) is 54.3 Å². The minimum absolute atomic E-state index is 0.0277. The van der Waals surface area contributed by atoms with Crippen LogP contribution in [-0.4, -0.2) is 91.8 Å². The number of hydrogen-bond donors (Lipinski definition) is 3. The van der Waals surface area contributed by atoms with E-state index in [1.165, 1.54) is 6.20 Å². The second-order valence-electron chi connectivity index (χ2n) is 14.0. The minimum Gasteiger partial charge on any atom is -0.463 e. The van der Waals surface area contributed by atoms with Crippen LogP contribution in [0.5, 0.6) is 6.01 Å². The summed E-state index contributed by atoms with van der Waals surface area (Å²) in [4.78, 5) is 42.3. The van der Waals surface area contributed by atoms with E-state index in [1.54, 1.807) is 12.3 Å². The molecule has 0 spiro atoms. The normalized spacial score (nSPS) is 24.1. The Morgan fingerprint density at radius 2 is 2.10 bits per heavy atom. The number of halogens is 2. The number of carbonyl (C=O) groups is 1. The largest absolute Gasteiger partial charge is 0.463 e. The van der Waals surface area contributed by atoms with Gasteiger partial charge < -0.3 is 15.0 Å². The molecule has 7 heterocycles. The van der Waals surface area contributed by atoms with Crippen molar-refractivity contribution in [3.63, 3.8) is 0 Å². The van der Waals surface area contributed by atoms with Gasteiger partial charge in [-0.3, -0.25) is 29.6 Å². The Kier molecular flexibility index (Phi) is 8.20. The van der Waals surface area contributed by atoms with Gasteiger partial charge in [0.1, 0.15) is 17.8 Å². The molecule has 4 aliphatic rings. The van der Waals surface area contributed by atoms with Crippen LogP contribution in [0.15, 0.2) is 35.4 Å². The first-order chi connectivity index (χ1) is 23.3. The van der Waals surface area contributed by atoms with Gasteiger partial charge in [0.2, 0.25) is 5.91 Å². The molecule has 3 aromatic heterocycles. The summed E-state index contributed by atoms with van der Waals surface area (Å²) in [7, 11) is 0. The van der Waals surface area contributed by atoms with Gasteiger partial charge in [-0.25, -0.2) is 4.39 Å². The van der Waals surface area contributed by atoms with Gasteiger partial charge in [0.05, 0.1) is 22.6 Å². The number of aromatic amines is 2. The highest BCUT2D eigenvalue weighted by Gasteiger charge is 2.46. The number of nitrogens with zero attached hydrogens (tertiary/aromatic N) is 5. The summed E-state index contributed by atoms with van der Waals surface area (Å²) < 4.78 is 22.7. The van der Waals surface area contributed by atoms with E-state index >= 15 is 4.39 Å². The minimum atomic E-state index is -0.732. The third-order valence-corrected chi connectivity index (χ3v) is 11.4. The van der Waals surface area contributed by atoms with Crippen LogP contribution >= 0.6 is 11.6 Å². The molecule has 0 bridgehead atoms. The first kappa shape index (κ1) is 31.4. The van der Waals surface area contributed by atoms with E-state index in [0.717, 1.165) is 70.4 Å². The molecule has 252 valence electrons. The van der Waals surface area contributed by atoms with Gasteiger partial charge in [-0.05, 0) is 82.0 Å². The molecule has 13 heteroatoms. The van der Waals surface area contributed by atoms with Crippen LogP contribution in [0.4, 0.5) is 4.39 Å². The van der Waals surface area contributed by atoms with Gasteiger partial charge in [0.25, 0.3) is 11.6 Å². The van der Waals surface area contributed by atoms with E-state index in [4.69, 9.17) is 16.3 Å². The summed E-state index contributed by atoms with van der Waals surface area (Å²) in [5.74, 6) is 0.0576. The lowest BCUT2D eigenvalue weighted by Crippen LogP contribution is -2.47. The Hall–Kier alpha value is -3.87. The SMILES string of the molecule is C=C1CN2CCC[C@@]2(COc2nc3c(F)c(-c4c(CCCCC(=O)N5CC[C@@H]6CCNC[C@@H]65)c(Cl)cc5[nH]ncc45)ncc3c(=O)[nH]2)C1. The third kappa shape index (κ3) is 5.47. The van der Waals surface area contributed by atoms with E-state index in [0.29, 0.717) is 71.3 Å². The van der Waals surface area contributed by atoms with Gasteiger partial charge in [-0.2, -0.15) is 10.1 Å². The Bertz CT molecular complexity index is 1980. The van der Waals surface area contributed by atoms with Crippen LogP contribution in [0.25, 0.3) is 33.1 Å². The van der Waals surface area contributed by atoms with Gasteiger partial charge in [-0.15, -0.1) is 0 Å². The summed E-state index contributed by atoms with van der Waals surface area (Å²) in [5, 5.41) is 11.7. The van der Waals surface area contributed by atoms with E-state index in [9.17, 15) is 9.59 Å². The first-order valence-corrected chi connectivity index (χ1v) is 17.5. The number of fused-ring (bicyclic) bond motifs is 4. The zero-order valence-corrected chi connectivity index (χ0v) is 27.7. The number of benzene rings is 1. The number of amides is 1. The fourth-order valence-electron chi connectivity index (χ4n) is 8.65. The molecule has 3 N–H and O–H groups in total. The number of pyridine rings is 1. The molecule has 48 heavy (non-hydrogen) atoms. The fraction of sp³-hybridized carbons (Fsp3) is 0.514. The first-order valence-electron chi connectivity index (χ1n) is 17.1. The van der Waals surface area contributed by atoms with Crippen LogP contribution in [0.2, 0.25) is 5.02 Å². The molecule has 0 saturated carbocycles. The van der Waals surface area contributed by atoms with Gasteiger partial charge in [-0.1, -0.05) is 23.8 Å².